The molecule has 2 rings (SSSR count). The fraction of sp³-hybridized carbons (Fsp3) is 0.250. The van der Waals surface area contributed by atoms with Gasteiger partial charge < -0.3 is 0 Å². The molecule has 56 valence electrons. The van der Waals surface area contributed by atoms with Gasteiger partial charge in [0.15, 0.2) is 0 Å². The zero-order valence-electron chi connectivity index (χ0n) is 6.29. The number of aromatic nitrogens is 2. The summed E-state index contributed by atoms with van der Waals surface area (Å²) in [5, 5.41) is 0. The number of nitrogens with one attached hydrogen (secondary N) is 1. The Morgan fingerprint density at radius 2 is 2.45 bits per heavy atom. The summed E-state index contributed by atoms with van der Waals surface area (Å²) in [5.41, 5.74) is 1.92. The number of H-pyrrole nitrogens is 1. The van der Waals surface area contributed by atoms with Crippen molar-refractivity contribution in [1.82, 2.24) is 4.57 Å². The average molecular weight is 149 g/mol. The van der Waals surface area contributed by atoms with Crippen LogP contribution in [0.2, 0.25) is 0 Å². The van der Waals surface area contributed by atoms with Crippen LogP contribution in [-0.2, 0) is 13.5 Å². The van der Waals surface area contributed by atoms with Gasteiger partial charge in [0.05, 0.1) is 12.6 Å². The second-order valence-corrected chi connectivity index (χ2v) is 2.69. The highest BCUT2D eigenvalue weighted by Gasteiger charge is 2.15. The number of fused-ring (bicyclic) bond motifs is 1. The van der Waals surface area contributed by atoms with Crippen LogP contribution in [0.3, 0.4) is 0 Å². The first-order valence-corrected chi connectivity index (χ1v) is 3.56. The molecule has 0 unspecified atom stereocenters. The van der Waals surface area contributed by atoms with E-state index in [0.29, 0.717) is 0 Å². The number of rotatable bonds is 0. The lowest BCUT2D eigenvalue weighted by molar-refractivity contribution is -0.389. The van der Waals surface area contributed by atoms with Crippen molar-refractivity contribution in [3.05, 3.63) is 34.0 Å². The Bertz CT molecular complexity index is 376. The molecule has 1 aromatic heterocycles. The number of hydrogen-bond donors (Lipinski definition) is 0. The molecule has 0 atom stereocenters. The van der Waals surface area contributed by atoms with Gasteiger partial charge in [-0.05, 0) is 6.08 Å². The maximum absolute atomic E-state index is 11.4. The van der Waals surface area contributed by atoms with E-state index in [1.807, 2.05) is 12.2 Å². The van der Waals surface area contributed by atoms with Crippen molar-refractivity contribution in [2.45, 2.75) is 6.42 Å². The summed E-state index contributed by atoms with van der Waals surface area (Å²) < 4.78 is 1.56. The summed E-state index contributed by atoms with van der Waals surface area (Å²) in [4.78, 5) is 14.4. The van der Waals surface area contributed by atoms with Crippen molar-refractivity contribution in [2.24, 2.45) is 7.05 Å². The van der Waals surface area contributed by atoms with Crippen molar-refractivity contribution >= 4 is 6.08 Å². The van der Waals surface area contributed by atoms with Crippen molar-refractivity contribution in [3.8, 4) is 0 Å². The summed E-state index contributed by atoms with van der Waals surface area (Å²) in [6.07, 6.45) is 6.37. The Morgan fingerprint density at radius 3 is 3.27 bits per heavy atom. The van der Waals surface area contributed by atoms with Crippen LogP contribution < -0.4 is 10.5 Å². The molecule has 0 radical (unpaired) electrons. The molecule has 0 aliphatic heterocycles. The molecule has 0 aromatic carbocycles. The van der Waals surface area contributed by atoms with Gasteiger partial charge in [0.1, 0.15) is 5.69 Å². The second kappa shape index (κ2) is 2.05. The minimum atomic E-state index is 0.101. The largest absolute Gasteiger partial charge is 0.341 e. The smallest absolute Gasteiger partial charge is 0.247 e. The maximum atomic E-state index is 11.4. The molecule has 1 N–H and O–H groups in total. The molecule has 0 saturated heterocycles. The SMILES string of the molecule is Cn1c[nH+]c2c(c1=O)CC=C2. The molecular weight excluding hydrogens is 140 g/mol. The van der Waals surface area contributed by atoms with Gasteiger partial charge in [-0.3, -0.25) is 0 Å². The lowest BCUT2D eigenvalue weighted by Gasteiger charge is -1.92. The average Bonchev–Trinajstić information content (AvgIpc) is 2.45. The number of allylic oxidation sites excluding steroid dienone is 1. The van der Waals surface area contributed by atoms with Gasteiger partial charge in [0.2, 0.25) is 6.33 Å². The Morgan fingerprint density at radius 1 is 1.64 bits per heavy atom. The first kappa shape index (κ1) is 6.34. The van der Waals surface area contributed by atoms with E-state index in [9.17, 15) is 4.79 Å². The van der Waals surface area contributed by atoms with E-state index >= 15 is 0 Å². The molecule has 0 bridgehead atoms. The molecule has 0 spiro atoms. The molecule has 1 aliphatic rings. The third-order valence-electron chi connectivity index (χ3n) is 1.92. The molecule has 1 heterocycles. The molecule has 3 heteroatoms. The third kappa shape index (κ3) is 0.808. The fourth-order valence-electron chi connectivity index (χ4n) is 1.28. The van der Waals surface area contributed by atoms with E-state index in [-0.39, 0.29) is 5.56 Å². The fourth-order valence-corrected chi connectivity index (χ4v) is 1.28. The topological polar surface area (TPSA) is 36.1 Å². The minimum Gasteiger partial charge on any atom is -0.247 e. The summed E-state index contributed by atoms with van der Waals surface area (Å²) in [6, 6.07) is 0. The van der Waals surface area contributed by atoms with Crippen molar-refractivity contribution in [1.29, 1.82) is 0 Å². The minimum absolute atomic E-state index is 0.101. The lowest BCUT2D eigenvalue weighted by Crippen LogP contribution is -2.28. The quantitative estimate of drug-likeness (QED) is 0.502. The van der Waals surface area contributed by atoms with Crippen LogP contribution in [0.25, 0.3) is 6.08 Å². The van der Waals surface area contributed by atoms with Crippen LogP contribution in [0.1, 0.15) is 11.3 Å². The molecule has 0 fully saturated rings. The molecule has 11 heavy (non-hydrogen) atoms. The van der Waals surface area contributed by atoms with E-state index in [0.717, 1.165) is 17.7 Å². The van der Waals surface area contributed by atoms with Gasteiger partial charge in [-0.1, -0.05) is 6.08 Å². The second-order valence-electron chi connectivity index (χ2n) is 2.69. The summed E-state index contributed by atoms with van der Waals surface area (Å²) in [5.74, 6) is 0. The van der Waals surface area contributed by atoms with Crippen LogP contribution in [0.4, 0.5) is 0 Å². The Kier molecular flexibility index (Phi) is 1.18. The van der Waals surface area contributed by atoms with Gasteiger partial charge in [-0.15, -0.1) is 0 Å². The zero-order chi connectivity index (χ0) is 7.84. The zero-order valence-corrected chi connectivity index (χ0v) is 6.29. The van der Waals surface area contributed by atoms with Crippen LogP contribution >= 0.6 is 0 Å². The number of aryl methyl sites for hydroxylation is 1. The highest BCUT2D eigenvalue weighted by Crippen LogP contribution is 2.08. The van der Waals surface area contributed by atoms with Crippen LogP contribution in [-0.4, -0.2) is 4.57 Å². The summed E-state index contributed by atoms with van der Waals surface area (Å²) in [6.45, 7) is 0. The van der Waals surface area contributed by atoms with Crippen molar-refractivity contribution in [3.63, 3.8) is 0 Å². The van der Waals surface area contributed by atoms with E-state index in [2.05, 4.69) is 4.98 Å². The predicted molar refractivity (Wildman–Crippen MR) is 41.0 cm³/mol. The molecular formula is C8H9N2O+. The normalized spacial score (nSPS) is 13.5. The van der Waals surface area contributed by atoms with E-state index < -0.39 is 0 Å². The van der Waals surface area contributed by atoms with E-state index in [1.54, 1.807) is 17.9 Å². The number of hydrogen-bond acceptors (Lipinski definition) is 1. The lowest BCUT2D eigenvalue weighted by atomic mass is 10.2. The predicted octanol–water partition coefficient (Wildman–Crippen LogP) is -0.231. The van der Waals surface area contributed by atoms with Gasteiger partial charge in [-0.25, -0.2) is 14.3 Å². The van der Waals surface area contributed by atoms with Crippen molar-refractivity contribution in [2.75, 3.05) is 0 Å². The molecule has 0 saturated carbocycles. The molecule has 1 aliphatic carbocycles. The van der Waals surface area contributed by atoms with E-state index in [4.69, 9.17) is 0 Å². The Balaban J connectivity index is 2.77. The maximum Gasteiger partial charge on any atom is 0.341 e. The Labute approximate surface area is 64.0 Å². The summed E-state index contributed by atoms with van der Waals surface area (Å²) in [7, 11) is 1.75. The third-order valence-corrected chi connectivity index (χ3v) is 1.92. The first-order chi connectivity index (χ1) is 5.29. The van der Waals surface area contributed by atoms with Crippen LogP contribution in [0, 0.1) is 0 Å². The number of aromatic amines is 1. The van der Waals surface area contributed by atoms with Gasteiger partial charge >= 0.3 is 5.56 Å². The van der Waals surface area contributed by atoms with Gasteiger partial charge in [0.25, 0.3) is 0 Å². The highest BCUT2D eigenvalue weighted by molar-refractivity contribution is 5.52. The monoisotopic (exact) mass is 149 g/mol. The highest BCUT2D eigenvalue weighted by atomic mass is 16.1. The first-order valence-electron chi connectivity index (χ1n) is 3.56. The van der Waals surface area contributed by atoms with Gasteiger partial charge in [0, 0.05) is 6.42 Å². The van der Waals surface area contributed by atoms with Crippen LogP contribution in [0.5, 0.6) is 0 Å². The standard InChI is InChI=1S/C8H8N2O/c1-10-5-9-7-4-2-3-6(7)8(10)11/h2,4-5H,3H2,1H3/p+1. The molecule has 0 amide bonds. The molecule has 1 aromatic rings. The Hall–Kier alpha value is -1.38. The van der Waals surface area contributed by atoms with Crippen LogP contribution in [0.15, 0.2) is 17.2 Å². The number of nitrogens with zero attached hydrogens (tertiary/aromatic N) is 1. The van der Waals surface area contributed by atoms with Gasteiger partial charge in [-0.2, -0.15) is 0 Å². The van der Waals surface area contributed by atoms with E-state index in [1.165, 1.54) is 0 Å². The summed E-state index contributed by atoms with van der Waals surface area (Å²) >= 11 is 0. The van der Waals surface area contributed by atoms with Crippen molar-refractivity contribution < 1.29 is 4.98 Å². The molecule has 3 nitrogen and oxygen atoms in total.